The molecule has 1 amide bonds. The number of methoxy groups -OCH3 is 2. The molecule has 0 spiro atoms. The lowest BCUT2D eigenvalue weighted by Crippen LogP contribution is -2.33. The Balaban J connectivity index is 2.19. The molecule has 1 fully saturated rings. The summed E-state index contributed by atoms with van der Waals surface area (Å²) in [7, 11) is 3.07. The van der Waals surface area contributed by atoms with E-state index in [-0.39, 0.29) is 18.9 Å². The Morgan fingerprint density at radius 2 is 2.14 bits per heavy atom. The van der Waals surface area contributed by atoms with E-state index in [4.69, 9.17) is 9.47 Å². The number of benzene rings is 1. The van der Waals surface area contributed by atoms with Gasteiger partial charge in [-0.15, -0.1) is 0 Å². The Hall–Kier alpha value is -1.76. The first-order valence-corrected chi connectivity index (χ1v) is 7.14. The highest BCUT2D eigenvalue weighted by atomic mass is 79.9. The number of ether oxygens (including phenoxy) is 2. The number of carbonyl (C=O) groups is 2. The molecule has 7 heteroatoms. The molecule has 1 atom stereocenters. The number of halogens is 1. The van der Waals surface area contributed by atoms with Crippen LogP contribution in [-0.2, 0) is 16.1 Å². The van der Waals surface area contributed by atoms with E-state index in [1.54, 1.807) is 6.07 Å². The zero-order chi connectivity index (χ0) is 15.6. The van der Waals surface area contributed by atoms with Crippen molar-refractivity contribution in [2.45, 2.75) is 13.0 Å². The molecule has 2 rings (SSSR count). The van der Waals surface area contributed by atoms with Gasteiger partial charge < -0.3 is 24.3 Å². The third-order valence-electron chi connectivity index (χ3n) is 3.41. The van der Waals surface area contributed by atoms with Gasteiger partial charge in [0.05, 0.1) is 18.7 Å². The molecular weight excluding hydrogens is 342 g/mol. The molecule has 0 radical (unpaired) electrons. The Labute approximate surface area is 130 Å². The van der Waals surface area contributed by atoms with Gasteiger partial charge in [0.1, 0.15) is 0 Å². The summed E-state index contributed by atoms with van der Waals surface area (Å²) in [4.78, 5) is 24.2. The fourth-order valence-electron chi connectivity index (χ4n) is 2.37. The van der Waals surface area contributed by atoms with Crippen molar-refractivity contribution >= 4 is 27.8 Å². The molecule has 1 saturated heterocycles. The summed E-state index contributed by atoms with van der Waals surface area (Å²) >= 11 is 3.39. The molecule has 0 unspecified atom stereocenters. The minimum Gasteiger partial charge on any atom is -0.550 e. The summed E-state index contributed by atoms with van der Waals surface area (Å²) in [5.41, 5.74) is 0.826. The van der Waals surface area contributed by atoms with Crippen molar-refractivity contribution in [2.24, 2.45) is 5.92 Å². The fourth-order valence-corrected chi connectivity index (χ4v) is 3.02. The number of rotatable bonds is 5. The van der Waals surface area contributed by atoms with Crippen LogP contribution >= 0.6 is 15.9 Å². The number of likely N-dealkylation sites (tertiary alicyclic amines) is 1. The molecule has 1 aliphatic heterocycles. The van der Waals surface area contributed by atoms with Crippen molar-refractivity contribution in [2.75, 3.05) is 20.8 Å². The third kappa shape index (κ3) is 3.29. The summed E-state index contributed by atoms with van der Waals surface area (Å²) in [5, 5.41) is 10.8. The van der Waals surface area contributed by atoms with Gasteiger partial charge >= 0.3 is 0 Å². The van der Waals surface area contributed by atoms with Gasteiger partial charge in [0.15, 0.2) is 11.5 Å². The van der Waals surface area contributed by atoms with Crippen LogP contribution in [0.25, 0.3) is 0 Å². The molecule has 1 aromatic rings. The summed E-state index contributed by atoms with van der Waals surface area (Å²) in [6.45, 7) is 0.495. The van der Waals surface area contributed by atoms with Gasteiger partial charge in [-0.2, -0.15) is 0 Å². The van der Waals surface area contributed by atoms with Crippen molar-refractivity contribution < 1.29 is 24.2 Å². The Bertz CT molecular complexity index is 575. The maximum absolute atomic E-state index is 11.8. The first-order valence-electron chi connectivity index (χ1n) is 6.35. The van der Waals surface area contributed by atoms with E-state index < -0.39 is 11.9 Å². The summed E-state index contributed by atoms with van der Waals surface area (Å²) in [6, 6.07) is 3.59. The van der Waals surface area contributed by atoms with E-state index in [1.165, 1.54) is 19.1 Å². The van der Waals surface area contributed by atoms with Crippen LogP contribution in [0.4, 0.5) is 0 Å². The van der Waals surface area contributed by atoms with Crippen molar-refractivity contribution in [3.05, 3.63) is 22.2 Å². The number of carboxylic acids is 1. The predicted octanol–water partition coefficient (Wildman–Crippen LogP) is 0.565. The summed E-state index contributed by atoms with van der Waals surface area (Å²) in [6.07, 6.45) is -0.00318. The number of hydrogen-bond donors (Lipinski definition) is 0. The number of carbonyl (C=O) groups excluding carboxylic acids is 2. The molecule has 21 heavy (non-hydrogen) atoms. The van der Waals surface area contributed by atoms with Crippen LogP contribution in [0.1, 0.15) is 12.0 Å². The fraction of sp³-hybridized carbons (Fsp3) is 0.429. The first kappa shape index (κ1) is 15.6. The number of aliphatic carboxylic acids is 1. The molecular formula is C14H15BrNO5-. The maximum Gasteiger partial charge on any atom is 0.223 e. The second kappa shape index (κ2) is 6.34. The Kier molecular flexibility index (Phi) is 4.72. The molecule has 0 bridgehead atoms. The van der Waals surface area contributed by atoms with E-state index in [0.717, 1.165) is 5.56 Å². The van der Waals surface area contributed by atoms with E-state index in [9.17, 15) is 14.7 Å². The number of hydrogen-bond acceptors (Lipinski definition) is 5. The monoisotopic (exact) mass is 356 g/mol. The first-order chi connectivity index (χ1) is 9.96. The highest BCUT2D eigenvalue weighted by Crippen LogP contribution is 2.36. The highest BCUT2D eigenvalue weighted by Gasteiger charge is 2.30. The lowest BCUT2D eigenvalue weighted by molar-refractivity contribution is -0.311. The Morgan fingerprint density at radius 3 is 2.67 bits per heavy atom. The van der Waals surface area contributed by atoms with Crippen molar-refractivity contribution in [3.63, 3.8) is 0 Å². The SMILES string of the molecule is COc1cc(CN2C[C@H](C(=O)[O-])CC2=O)cc(Br)c1OC. The standard InChI is InChI=1S/C14H16BrNO5/c1-20-11-4-8(3-10(15)13(11)21-2)6-16-7-9(14(18)19)5-12(16)17/h3-4,9H,5-7H2,1-2H3,(H,18,19)/p-1/t9-/m1/s1. The lowest BCUT2D eigenvalue weighted by atomic mass is 10.1. The van der Waals surface area contributed by atoms with Gasteiger partial charge in [-0.1, -0.05) is 0 Å². The van der Waals surface area contributed by atoms with E-state index >= 15 is 0 Å². The topological polar surface area (TPSA) is 78.9 Å². The molecule has 1 aliphatic rings. The van der Waals surface area contributed by atoms with Crippen molar-refractivity contribution in [1.29, 1.82) is 0 Å². The number of amides is 1. The minimum atomic E-state index is -1.18. The van der Waals surface area contributed by atoms with Crippen LogP contribution in [0.15, 0.2) is 16.6 Å². The molecule has 0 N–H and O–H groups in total. The summed E-state index contributed by atoms with van der Waals surface area (Å²) in [5.74, 6) is -0.984. The predicted molar refractivity (Wildman–Crippen MR) is 75.8 cm³/mol. The molecule has 0 saturated carbocycles. The second-order valence-electron chi connectivity index (χ2n) is 4.81. The van der Waals surface area contributed by atoms with Gasteiger partial charge in [-0.25, -0.2) is 0 Å². The van der Waals surface area contributed by atoms with Gasteiger partial charge in [0.25, 0.3) is 0 Å². The van der Waals surface area contributed by atoms with Crippen LogP contribution in [0.5, 0.6) is 11.5 Å². The highest BCUT2D eigenvalue weighted by molar-refractivity contribution is 9.10. The van der Waals surface area contributed by atoms with Gasteiger partial charge in [0.2, 0.25) is 5.91 Å². The van der Waals surface area contributed by atoms with Crippen molar-refractivity contribution in [3.8, 4) is 11.5 Å². The smallest absolute Gasteiger partial charge is 0.223 e. The minimum absolute atomic E-state index is 0.00318. The molecule has 0 aliphatic carbocycles. The van der Waals surface area contributed by atoms with Crippen LogP contribution in [-0.4, -0.2) is 37.5 Å². The van der Waals surface area contributed by atoms with Crippen LogP contribution < -0.4 is 14.6 Å². The van der Waals surface area contributed by atoms with Gasteiger partial charge in [-0.05, 0) is 33.6 Å². The van der Waals surface area contributed by atoms with E-state index in [1.807, 2.05) is 6.07 Å². The average Bonchev–Trinajstić information content (AvgIpc) is 2.79. The molecule has 0 aromatic heterocycles. The van der Waals surface area contributed by atoms with Crippen molar-refractivity contribution in [1.82, 2.24) is 4.90 Å². The van der Waals surface area contributed by atoms with Crippen LogP contribution in [0.2, 0.25) is 0 Å². The van der Waals surface area contributed by atoms with E-state index in [0.29, 0.717) is 22.5 Å². The third-order valence-corrected chi connectivity index (χ3v) is 4.00. The largest absolute Gasteiger partial charge is 0.550 e. The number of nitrogens with zero attached hydrogens (tertiary/aromatic N) is 1. The number of carboxylic acid groups (broad SMARTS) is 1. The van der Waals surface area contributed by atoms with Crippen LogP contribution in [0, 0.1) is 5.92 Å². The quantitative estimate of drug-likeness (QED) is 0.770. The van der Waals surface area contributed by atoms with E-state index in [2.05, 4.69) is 15.9 Å². The summed E-state index contributed by atoms with van der Waals surface area (Å²) < 4.78 is 11.2. The molecule has 1 aromatic carbocycles. The molecule has 1 heterocycles. The zero-order valence-electron chi connectivity index (χ0n) is 11.7. The van der Waals surface area contributed by atoms with Crippen LogP contribution in [0.3, 0.4) is 0 Å². The average molecular weight is 357 g/mol. The lowest BCUT2D eigenvalue weighted by Gasteiger charge is -2.19. The molecule has 6 nitrogen and oxygen atoms in total. The maximum atomic E-state index is 11.8. The zero-order valence-corrected chi connectivity index (χ0v) is 13.3. The Morgan fingerprint density at radius 1 is 1.43 bits per heavy atom. The second-order valence-corrected chi connectivity index (χ2v) is 5.66. The van der Waals surface area contributed by atoms with Gasteiger partial charge in [-0.3, -0.25) is 4.79 Å². The van der Waals surface area contributed by atoms with Gasteiger partial charge in [0, 0.05) is 31.4 Å². The molecule has 114 valence electrons. The normalized spacial score (nSPS) is 18.0.